The van der Waals surface area contributed by atoms with E-state index < -0.39 is 5.97 Å². The molecule has 0 aliphatic heterocycles. The molecule has 0 atom stereocenters. The third kappa shape index (κ3) is 3.17. The number of allylic oxidation sites excluding steroid dienone is 4. The molecule has 4 nitrogen and oxygen atoms in total. The summed E-state index contributed by atoms with van der Waals surface area (Å²) in [5, 5.41) is 8.82. The third-order valence-electron chi connectivity index (χ3n) is 3.53. The first kappa shape index (κ1) is 14.3. The molecular formula is C18H17NO3. The SMILES string of the molecule is O=C(O)CCc1nc(-c2ccccc2)c(C2=CCCC=C2)o1. The van der Waals surface area contributed by atoms with Crippen molar-refractivity contribution in [2.45, 2.75) is 25.7 Å². The van der Waals surface area contributed by atoms with Crippen LogP contribution in [0.15, 0.2) is 53.0 Å². The summed E-state index contributed by atoms with van der Waals surface area (Å²) in [5.74, 6) is 0.344. The van der Waals surface area contributed by atoms with E-state index in [2.05, 4.69) is 17.1 Å². The van der Waals surface area contributed by atoms with Crippen molar-refractivity contribution in [2.24, 2.45) is 0 Å². The number of oxazole rings is 1. The Hall–Kier alpha value is -2.62. The number of carbonyl (C=O) groups is 1. The minimum Gasteiger partial charge on any atom is -0.481 e. The Bertz CT molecular complexity index is 726. The standard InChI is InChI=1S/C18H17NO3/c20-16(21)12-11-15-19-17(13-7-3-1-4-8-13)18(22-15)14-9-5-2-6-10-14/h1,3-5,7-10H,2,6,11-12H2,(H,20,21). The summed E-state index contributed by atoms with van der Waals surface area (Å²) in [6.07, 6.45) is 8.61. The van der Waals surface area contributed by atoms with Crippen LogP contribution in [0.5, 0.6) is 0 Å². The molecule has 22 heavy (non-hydrogen) atoms. The molecule has 0 radical (unpaired) electrons. The number of aromatic nitrogens is 1. The zero-order chi connectivity index (χ0) is 15.4. The van der Waals surface area contributed by atoms with Crippen molar-refractivity contribution < 1.29 is 14.3 Å². The van der Waals surface area contributed by atoms with E-state index in [1.165, 1.54) is 0 Å². The molecule has 3 rings (SSSR count). The molecule has 1 N–H and O–H groups in total. The summed E-state index contributed by atoms with van der Waals surface area (Å²) < 4.78 is 5.87. The van der Waals surface area contributed by atoms with E-state index in [-0.39, 0.29) is 6.42 Å². The predicted octanol–water partition coefficient (Wildman–Crippen LogP) is 4.09. The normalized spacial score (nSPS) is 13.9. The van der Waals surface area contributed by atoms with E-state index in [9.17, 15) is 4.79 Å². The Morgan fingerprint density at radius 1 is 1.23 bits per heavy atom. The molecule has 4 heteroatoms. The van der Waals surface area contributed by atoms with Crippen LogP contribution in [0.4, 0.5) is 0 Å². The zero-order valence-corrected chi connectivity index (χ0v) is 12.2. The van der Waals surface area contributed by atoms with Gasteiger partial charge in [-0.05, 0) is 12.8 Å². The van der Waals surface area contributed by atoms with Crippen molar-refractivity contribution in [3.8, 4) is 11.3 Å². The largest absolute Gasteiger partial charge is 0.481 e. The van der Waals surface area contributed by atoms with E-state index in [0.717, 1.165) is 35.4 Å². The lowest BCUT2D eigenvalue weighted by atomic mass is 10.0. The van der Waals surface area contributed by atoms with Gasteiger partial charge in [-0.15, -0.1) is 0 Å². The van der Waals surface area contributed by atoms with Gasteiger partial charge in [0.2, 0.25) is 0 Å². The summed E-state index contributed by atoms with van der Waals surface area (Å²) in [6.45, 7) is 0. The Morgan fingerprint density at radius 2 is 2.05 bits per heavy atom. The summed E-state index contributed by atoms with van der Waals surface area (Å²) in [5.41, 5.74) is 2.76. The van der Waals surface area contributed by atoms with Gasteiger partial charge in [-0.3, -0.25) is 4.79 Å². The summed E-state index contributed by atoms with van der Waals surface area (Å²) >= 11 is 0. The number of rotatable bonds is 5. The maximum absolute atomic E-state index is 10.7. The summed E-state index contributed by atoms with van der Waals surface area (Å²) in [6, 6.07) is 9.82. The van der Waals surface area contributed by atoms with E-state index in [1.54, 1.807) is 0 Å². The zero-order valence-electron chi connectivity index (χ0n) is 12.2. The predicted molar refractivity (Wildman–Crippen MR) is 84.2 cm³/mol. The van der Waals surface area contributed by atoms with E-state index >= 15 is 0 Å². The number of aryl methyl sites for hydroxylation is 1. The first-order valence-corrected chi connectivity index (χ1v) is 7.38. The third-order valence-corrected chi connectivity index (χ3v) is 3.53. The number of benzene rings is 1. The van der Waals surface area contributed by atoms with Crippen molar-refractivity contribution in [1.29, 1.82) is 0 Å². The van der Waals surface area contributed by atoms with Crippen molar-refractivity contribution in [3.63, 3.8) is 0 Å². The minimum absolute atomic E-state index is 0.0169. The minimum atomic E-state index is -0.849. The van der Waals surface area contributed by atoms with Gasteiger partial charge in [0.25, 0.3) is 0 Å². The van der Waals surface area contributed by atoms with Crippen LogP contribution in [0, 0.1) is 0 Å². The second-order valence-electron chi connectivity index (χ2n) is 5.18. The molecule has 2 aromatic rings. The Morgan fingerprint density at radius 3 is 2.73 bits per heavy atom. The molecule has 0 bridgehead atoms. The lowest BCUT2D eigenvalue weighted by Gasteiger charge is -2.05. The van der Waals surface area contributed by atoms with Gasteiger partial charge in [0.15, 0.2) is 11.7 Å². The molecule has 1 aliphatic carbocycles. The molecule has 0 saturated heterocycles. The average Bonchev–Trinajstić information content (AvgIpc) is 2.99. The molecule has 1 aliphatic rings. The lowest BCUT2D eigenvalue weighted by Crippen LogP contribution is -1.97. The molecule has 0 unspecified atom stereocenters. The number of hydrogen-bond acceptors (Lipinski definition) is 3. The Labute approximate surface area is 128 Å². The highest BCUT2D eigenvalue weighted by Gasteiger charge is 2.18. The van der Waals surface area contributed by atoms with Crippen molar-refractivity contribution >= 4 is 11.5 Å². The first-order chi connectivity index (χ1) is 10.7. The van der Waals surface area contributed by atoms with E-state index in [1.807, 2.05) is 36.4 Å². The maximum atomic E-state index is 10.7. The molecule has 112 valence electrons. The fourth-order valence-corrected chi connectivity index (χ4v) is 2.45. The van der Waals surface area contributed by atoms with Crippen LogP contribution in [-0.2, 0) is 11.2 Å². The first-order valence-electron chi connectivity index (χ1n) is 7.38. The van der Waals surface area contributed by atoms with Crippen LogP contribution in [0.25, 0.3) is 16.8 Å². The highest BCUT2D eigenvalue weighted by Crippen LogP contribution is 2.32. The second kappa shape index (κ2) is 6.43. The number of aliphatic carboxylic acids is 1. The molecule has 0 amide bonds. The van der Waals surface area contributed by atoms with Gasteiger partial charge in [-0.2, -0.15) is 0 Å². The van der Waals surface area contributed by atoms with Gasteiger partial charge in [-0.1, -0.05) is 48.6 Å². The topological polar surface area (TPSA) is 63.3 Å². The van der Waals surface area contributed by atoms with E-state index in [0.29, 0.717) is 12.3 Å². The van der Waals surface area contributed by atoms with Crippen LogP contribution < -0.4 is 0 Å². The van der Waals surface area contributed by atoms with Crippen molar-refractivity contribution in [3.05, 3.63) is 60.2 Å². The van der Waals surface area contributed by atoms with Crippen LogP contribution in [0.2, 0.25) is 0 Å². The molecule has 1 heterocycles. The molecule has 0 fully saturated rings. The fourth-order valence-electron chi connectivity index (χ4n) is 2.45. The highest BCUT2D eigenvalue weighted by atomic mass is 16.4. The van der Waals surface area contributed by atoms with E-state index in [4.69, 9.17) is 9.52 Å². The van der Waals surface area contributed by atoms with Crippen LogP contribution in [-0.4, -0.2) is 16.1 Å². The summed E-state index contributed by atoms with van der Waals surface area (Å²) in [4.78, 5) is 15.3. The highest BCUT2D eigenvalue weighted by molar-refractivity contribution is 5.81. The van der Waals surface area contributed by atoms with Gasteiger partial charge in [0, 0.05) is 17.6 Å². The number of carboxylic acids is 1. The molecule has 1 aromatic carbocycles. The maximum Gasteiger partial charge on any atom is 0.303 e. The second-order valence-corrected chi connectivity index (χ2v) is 5.18. The quantitative estimate of drug-likeness (QED) is 0.902. The van der Waals surface area contributed by atoms with Gasteiger partial charge in [-0.25, -0.2) is 4.98 Å². The number of hydrogen-bond donors (Lipinski definition) is 1. The molecule has 1 aromatic heterocycles. The number of nitrogens with zero attached hydrogens (tertiary/aromatic N) is 1. The van der Waals surface area contributed by atoms with Crippen LogP contribution in [0.1, 0.15) is 30.9 Å². The van der Waals surface area contributed by atoms with Gasteiger partial charge in [0.1, 0.15) is 5.69 Å². The lowest BCUT2D eigenvalue weighted by molar-refractivity contribution is -0.137. The Balaban J connectivity index is 2.00. The van der Waals surface area contributed by atoms with Crippen molar-refractivity contribution in [1.82, 2.24) is 4.98 Å². The van der Waals surface area contributed by atoms with Crippen molar-refractivity contribution in [2.75, 3.05) is 0 Å². The monoisotopic (exact) mass is 295 g/mol. The van der Waals surface area contributed by atoms with Gasteiger partial charge >= 0.3 is 5.97 Å². The summed E-state index contributed by atoms with van der Waals surface area (Å²) in [7, 11) is 0. The Kier molecular flexibility index (Phi) is 4.19. The average molecular weight is 295 g/mol. The fraction of sp³-hybridized carbons (Fsp3) is 0.222. The van der Waals surface area contributed by atoms with Gasteiger partial charge in [0.05, 0.1) is 6.42 Å². The molecule has 0 saturated carbocycles. The van der Waals surface area contributed by atoms with Crippen LogP contribution >= 0.6 is 0 Å². The number of carboxylic acid groups (broad SMARTS) is 1. The molecule has 0 spiro atoms. The van der Waals surface area contributed by atoms with Crippen LogP contribution in [0.3, 0.4) is 0 Å². The van der Waals surface area contributed by atoms with Gasteiger partial charge < -0.3 is 9.52 Å². The molecular weight excluding hydrogens is 278 g/mol. The smallest absolute Gasteiger partial charge is 0.303 e.